The monoisotopic (exact) mass is 263 g/mol. The zero-order valence-corrected chi connectivity index (χ0v) is 10.3. The van der Waals surface area contributed by atoms with Crippen molar-refractivity contribution in [1.29, 1.82) is 0 Å². The molecule has 3 amide bonds. The molecule has 1 aliphatic rings. The number of methoxy groups -OCH3 is 1. The third-order valence-corrected chi connectivity index (χ3v) is 2.75. The van der Waals surface area contributed by atoms with Crippen LogP contribution in [0, 0.1) is 0 Å². The summed E-state index contributed by atoms with van der Waals surface area (Å²) in [6, 6.07) is 2.30. The number of hydrogen-bond donors (Lipinski definition) is 2. The number of nitrogens with one attached hydrogen (secondary N) is 2. The first-order valence-electron chi connectivity index (χ1n) is 5.75. The Labute approximate surface area is 109 Å². The summed E-state index contributed by atoms with van der Waals surface area (Å²) in [6.07, 6.45) is 1.97. The summed E-state index contributed by atoms with van der Waals surface area (Å²) >= 11 is 0. The summed E-state index contributed by atoms with van der Waals surface area (Å²) in [5.41, 5.74) is 0.344. The number of piperidine rings is 1. The van der Waals surface area contributed by atoms with Gasteiger partial charge in [0.1, 0.15) is 6.04 Å². The lowest BCUT2D eigenvalue weighted by atomic mass is 10.1. The Hall–Kier alpha value is -2.44. The number of amides is 3. The molecule has 0 radical (unpaired) electrons. The number of carbonyl (C=O) groups is 3. The molecule has 1 saturated heterocycles. The van der Waals surface area contributed by atoms with Crippen LogP contribution in [0.5, 0.6) is 5.88 Å². The van der Waals surface area contributed by atoms with Gasteiger partial charge in [-0.3, -0.25) is 19.7 Å². The Kier molecular flexibility index (Phi) is 3.74. The molecule has 0 aliphatic carbocycles. The molecule has 2 N–H and O–H groups in total. The van der Waals surface area contributed by atoms with Crippen LogP contribution in [-0.4, -0.2) is 35.9 Å². The summed E-state index contributed by atoms with van der Waals surface area (Å²) in [7, 11) is 1.45. The van der Waals surface area contributed by atoms with E-state index >= 15 is 0 Å². The summed E-state index contributed by atoms with van der Waals surface area (Å²) < 4.78 is 4.92. The largest absolute Gasteiger partial charge is 0.481 e. The highest BCUT2D eigenvalue weighted by atomic mass is 16.5. The maximum atomic E-state index is 11.9. The molecule has 1 fully saturated rings. The SMILES string of the molecule is COc1cc(C(=O)NC2CCC(=O)NC2=O)ccn1. The van der Waals surface area contributed by atoms with Crippen molar-refractivity contribution in [2.75, 3.05) is 7.11 Å². The highest BCUT2D eigenvalue weighted by molar-refractivity contribution is 6.03. The van der Waals surface area contributed by atoms with Crippen molar-refractivity contribution in [2.45, 2.75) is 18.9 Å². The highest BCUT2D eigenvalue weighted by Crippen LogP contribution is 2.10. The van der Waals surface area contributed by atoms with Gasteiger partial charge in [-0.05, 0) is 12.5 Å². The molecule has 2 rings (SSSR count). The van der Waals surface area contributed by atoms with E-state index in [1.807, 2.05) is 0 Å². The number of rotatable bonds is 3. The third kappa shape index (κ3) is 3.06. The van der Waals surface area contributed by atoms with Crippen LogP contribution in [0.3, 0.4) is 0 Å². The maximum absolute atomic E-state index is 11.9. The van der Waals surface area contributed by atoms with E-state index in [2.05, 4.69) is 15.6 Å². The molecular weight excluding hydrogens is 250 g/mol. The molecule has 0 bridgehead atoms. The molecule has 2 heterocycles. The van der Waals surface area contributed by atoms with E-state index in [-0.39, 0.29) is 12.3 Å². The first kappa shape index (κ1) is 13.0. The Morgan fingerprint density at radius 3 is 3.00 bits per heavy atom. The molecule has 1 aromatic heterocycles. The molecule has 7 nitrogen and oxygen atoms in total. The summed E-state index contributed by atoms with van der Waals surface area (Å²) in [5.74, 6) is -0.891. The average molecular weight is 263 g/mol. The van der Waals surface area contributed by atoms with E-state index in [1.54, 1.807) is 0 Å². The van der Waals surface area contributed by atoms with Gasteiger partial charge in [0.25, 0.3) is 5.91 Å². The van der Waals surface area contributed by atoms with Crippen LogP contribution in [0.25, 0.3) is 0 Å². The van der Waals surface area contributed by atoms with Gasteiger partial charge in [0.2, 0.25) is 17.7 Å². The Morgan fingerprint density at radius 2 is 2.32 bits per heavy atom. The normalized spacial score (nSPS) is 18.7. The number of ether oxygens (including phenoxy) is 1. The highest BCUT2D eigenvalue weighted by Gasteiger charge is 2.28. The second kappa shape index (κ2) is 5.47. The first-order chi connectivity index (χ1) is 9.10. The molecule has 1 unspecified atom stereocenters. The van der Waals surface area contributed by atoms with E-state index < -0.39 is 17.9 Å². The summed E-state index contributed by atoms with van der Waals surface area (Å²) in [6.45, 7) is 0. The number of pyridine rings is 1. The summed E-state index contributed by atoms with van der Waals surface area (Å²) in [4.78, 5) is 38.3. The number of aromatic nitrogens is 1. The first-order valence-corrected chi connectivity index (χ1v) is 5.75. The number of carbonyl (C=O) groups excluding carboxylic acids is 3. The van der Waals surface area contributed by atoms with E-state index in [0.29, 0.717) is 17.9 Å². The zero-order chi connectivity index (χ0) is 13.8. The molecular formula is C12H13N3O4. The fraction of sp³-hybridized carbons (Fsp3) is 0.333. The topological polar surface area (TPSA) is 97.4 Å². The van der Waals surface area contributed by atoms with Crippen molar-refractivity contribution in [3.8, 4) is 5.88 Å². The second-order valence-electron chi connectivity index (χ2n) is 4.06. The van der Waals surface area contributed by atoms with Gasteiger partial charge in [-0.25, -0.2) is 4.98 Å². The van der Waals surface area contributed by atoms with Gasteiger partial charge in [0.15, 0.2) is 0 Å². The van der Waals surface area contributed by atoms with Gasteiger partial charge >= 0.3 is 0 Å². The minimum atomic E-state index is -0.690. The lowest BCUT2D eigenvalue weighted by Crippen LogP contribution is -2.52. The minimum Gasteiger partial charge on any atom is -0.481 e. The number of imide groups is 1. The van der Waals surface area contributed by atoms with E-state index in [1.165, 1.54) is 25.4 Å². The molecule has 0 spiro atoms. The second-order valence-corrected chi connectivity index (χ2v) is 4.06. The van der Waals surface area contributed by atoms with Gasteiger partial charge in [0, 0.05) is 24.2 Å². The maximum Gasteiger partial charge on any atom is 0.252 e. The molecule has 7 heteroatoms. The van der Waals surface area contributed by atoms with Crippen LogP contribution in [0.4, 0.5) is 0 Å². The van der Waals surface area contributed by atoms with E-state index in [0.717, 1.165) is 0 Å². The van der Waals surface area contributed by atoms with Crippen molar-refractivity contribution < 1.29 is 19.1 Å². The fourth-order valence-electron chi connectivity index (χ4n) is 1.74. The van der Waals surface area contributed by atoms with Crippen molar-refractivity contribution >= 4 is 17.7 Å². The molecule has 0 aromatic carbocycles. The van der Waals surface area contributed by atoms with E-state index in [9.17, 15) is 14.4 Å². The van der Waals surface area contributed by atoms with Gasteiger partial charge in [-0.1, -0.05) is 0 Å². The van der Waals surface area contributed by atoms with Crippen LogP contribution < -0.4 is 15.4 Å². The molecule has 1 atom stereocenters. The lowest BCUT2D eigenvalue weighted by molar-refractivity contribution is -0.134. The predicted molar refractivity (Wildman–Crippen MR) is 64.4 cm³/mol. The molecule has 100 valence electrons. The average Bonchev–Trinajstić information content (AvgIpc) is 2.42. The zero-order valence-electron chi connectivity index (χ0n) is 10.3. The van der Waals surface area contributed by atoms with Crippen molar-refractivity contribution in [3.05, 3.63) is 23.9 Å². The third-order valence-electron chi connectivity index (χ3n) is 2.75. The Bertz CT molecular complexity index is 529. The molecule has 19 heavy (non-hydrogen) atoms. The standard InChI is InChI=1S/C12H13N3O4/c1-19-10-6-7(4-5-13-10)11(17)14-8-2-3-9(16)15-12(8)18/h4-6,8H,2-3H2,1H3,(H,14,17)(H,15,16,18). The van der Waals surface area contributed by atoms with Crippen LogP contribution in [0.15, 0.2) is 18.3 Å². The van der Waals surface area contributed by atoms with Crippen LogP contribution in [-0.2, 0) is 9.59 Å². The van der Waals surface area contributed by atoms with Crippen molar-refractivity contribution in [2.24, 2.45) is 0 Å². The minimum absolute atomic E-state index is 0.219. The van der Waals surface area contributed by atoms with Crippen LogP contribution in [0.1, 0.15) is 23.2 Å². The smallest absolute Gasteiger partial charge is 0.252 e. The number of hydrogen-bond acceptors (Lipinski definition) is 5. The molecule has 1 aliphatic heterocycles. The van der Waals surface area contributed by atoms with Gasteiger partial charge < -0.3 is 10.1 Å². The van der Waals surface area contributed by atoms with Gasteiger partial charge in [0.05, 0.1) is 7.11 Å². The van der Waals surface area contributed by atoms with E-state index in [4.69, 9.17) is 4.74 Å². The quantitative estimate of drug-likeness (QED) is 0.725. The predicted octanol–water partition coefficient (Wildman–Crippen LogP) is -0.375. The Morgan fingerprint density at radius 1 is 1.53 bits per heavy atom. The van der Waals surface area contributed by atoms with Crippen LogP contribution >= 0.6 is 0 Å². The number of nitrogens with zero attached hydrogens (tertiary/aromatic N) is 1. The van der Waals surface area contributed by atoms with Crippen LogP contribution in [0.2, 0.25) is 0 Å². The fourth-order valence-corrected chi connectivity index (χ4v) is 1.74. The van der Waals surface area contributed by atoms with Crippen molar-refractivity contribution in [1.82, 2.24) is 15.6 Å². The van der Waals surface area contributed by atoms with Gasteiger partial charge in [-0.15, -0.1) is 0 Å². The molecule has 1 aromatic rings. The Balaban J connectivity index is 2.04. The molecule has 0 saturated carbocycles. The van der Waals surface area contributed by atoms with Gasteiger partial charge in [-0.2, -0.15) is 0 Å². The van der Waals surface area contributed by atoms with Crippen molar-refractivity contribution in [3.63, 3.8) is 0 Å². The lowest BCUT2D eigenvalue weighted by Gasteiger charge is -2.21. The summed E-state index contributed by atoms with van der Waals surface area (Å²) in [5, 5.41) is 4.75.